The van der Waals surface area contributed by atoms with Gasteiger partial charge in [0.15, 0.2) is 11.3 Å². The van der Waals surface area contributed by atoms with E-state index in [4.69, 9.17) is 22.8 Å². The van der Waals surface area contributed by atoms with Crippen LogP contribution in [-0.4, -0.2) is 21.1 Å². The van der Waals surface area contributed by atoms with Crippen LogP contribution in [0.15, 0.2) is 18.5 Å². The Hall–Kier alpha value is -1.86. The van der Waals surface area contributed by atoms with Crippen molar-refractivity contribution < 1.29 is 4.74 Å². The molecule has 0 aromatic carbocycles. The third-order valence-corrected chi connectivity index (χ3v) is 2.20. The van der Waals surface area contributed by atoms with E-state index in [1.54, 1.807) is 19.2 Å². The summed E-state index contributed by atoms with van der Waals surface area (Å²) < 4.78 is 5.34. The quantitative estimate of drug-likeness (QED) is 0.589. The zero-order chi connectivity index (χ0) is 11.5. The molecule has 0 amide bonds. The fraction of sp³-hybridized carbons (Fsp3) is 0.182. The second-order valence-electron chi connectivity index (χ2n) is 3.10. The molecule has 16 heavy (non-hydrogen) atoms. The number of aromatic nitrogens is 3. The SMILES string of the molecule is C#CC(C)Oc1cnc2c(Cl)nccc2n1. The van der Waals surface area contributed by atoms with Gasteiger partial charge in [0.1, 0.15) is 5.52 Å². The monoisotopic (exact) mass is 233 g/mol. The molecule has 0 saturated heterocycles. The summed E-state index contributed by atoms with van der Waals surface area (Å²) in [5, 5.41) is 0.321. The molecular weight excluding hydrogens is 226 g/mol. The van der Waals surface area contributed by atoms with Crippen LogP contribution in [0.5, 0.6) is 5.88 Å². The molecular formula is C11H8ClN3O. The molecule has 0 saturated carbocycles. The molecule has 4 nitrogen and oxygen atoms in total. The van der Waals surface area contributed by atoms with Crippen LogP contribution in [0, 0.1) is 12.3 Å². The minimum atomic E-state index is -0.343. The summed E-state index contributed by atoms with van der Waals surface area (Å²) in [4.78, 5) is 12.2. The molecule has 2 rings (SSSR count). The smallest absolute Gasteiger partial charge is 0.234 e. The molecule has 5 heteroatoms. The molecule has 0 aliphatic rings. The van der Waals surface area contributed by atoms with E-state index in [2.05, 4.69) is 20.9 Å². The van der Waals surface area contributed by atoms with Crippen LogP contribution in [0.25, 0.3) is 11.0 Å². The van der Waals surface area contributed by atoms with E-state index in [0.717, 1.165) is 0 Å². The Labute approximate surface area is 97.6 Å². The highest BCUT2D eigenvalue weighted by molar-refractivity contribution is 6.33. The molecule has 0 spiro atoms. The van der Waals surface area contributed by atoms with Crippen LogP contribution < -0.4 is 4.74 Å². The van der Waals surface area contributed by atoms with Crippen molar-refractivity contribution >= 4 is 22.6 Å². The van der Waals surface area contributed by atoms with Crippen molar-refractivity contribution in [2.24, 2.45) is 0 Å². The lowest BCUT2D eigenvalue weighted by molar-refractivity contribution is 0.268. The highest BCUT2D eigenvalue weighted by Crippen LogP contribution is 2.19. The van der Waals surface area contributed by atoms with E-state index in [-0.39, 0.29) is 6.10 Å². The van der Waals surface area contributed by atoms with Crippen LogP contribution in [0.4, 0.5) is 0 Å². The number of halogens is 1. The van der Waals surface area contributed by atoms with Crippen molar-refractivity contribution in [2.45, 2.75) is 13.0 Å². The summed E-state index contributed by atoms with van der Waals surface area (Å²) in [6.07, 6.45) is 7.90. The van der Waals surface area contributed by atoms with Crippen LogP contribution in [0.3, 0.4) is 0 Å². The number of fused-ring (bicyclic) bond motifs is 1. The fourth-order valence-corrected chi connectivity index (χ4v) is 1.37. The lowest BCUT2D eigenvalue weighted by atomic mass is 10.4. The minimum absolute atomic E-state index is 0.321. The van der Waals surface area contributed by atoms with Gasteiger partial charge in [-0.1, -0.05) is 17.5 Å². The minimum Gasteiger partial charge on any atom is -0.460 e. The Balaban J connectivity index is 2.42. The molecule has 0 aliphatic carbocycles. The number of pyridine rings is 1. The molecule has 0 bridgehead atoms. The van der Waals surface area contributed by atoms with Gasteiger partial charge < -0.3 is 4.74 Å². The van der Waals surface area contributed by atoms with Gasteiger partial charge in [0.2, 0.25) is 5.88 Å². The first-order valence-electron chi connectivity index (χ1n) is 4.61. The Bertz CT molecular complexity index is 565. The van der Waals surface area contributed by atoms with Gasteiger partial charge in [0, 0.05) is 6.20 Å². The third-order valence-electron chi connectivity index (χ3n) is 1.93. The van der Waals surface area contributed by atoms with Gasteiger partial charge in [-0.05, 0) is 13.0 Å². The summed E-state index contributed by atoms with van der Waals surface area (Å²) in [5.41, 5.74) is 1.17. The maximum atomic E-state index is 5.86. The Morgan fingerprint density at radius 1 is 1.50 bits per heavy atom. The molecule has 0 fully saturated rings. The molecule has 2 aromatic rings. The molecule has 80 valence electrons. The maximum absolute atomic E-state index is 5.86. The predicted octanol–water partition coefficient (Wildman–Crippen LogP) is 2.08. The van der Waals surface area contributed by atoms with Gasteiger partial charge in [-0.25, -0.2) is 15.0 Å². The predicted molar refractivity (Wildman–Crippen MR) is 61.3 cm³/mol. The summed E-state index contributed by atoms with van der Waals surface area (Å²) in [6, 6.07) is 1.71. The molecule has 2 aromatic heterocycles. The number of rotatable bonds is 2. The van der Waals surface area contributed by atoms with Crippen molar-refractivity contribution in [3.63, 3.8) is 0 Å². The van der Waals surface area contributed by atoms with E-state index >= 15 is 0 Å². The standard InChI is InChI=1S/C11H8ClN3O/c1-3-7(2)16-9-6-14-10-8(15-9)4-5-13-11(10)12/h1,4-7H,2H3. The van der Waals surface area contributed by atoms with Crippen LogP contribution in [-0.2, 0) is 0 Å². The zero-order valence-corrected chi connectivity index (χ0v) is 9.27. The van der Waals surface area contributed by atoms with Gasteiger partial charge in [0.25, 0.3) is 0 Å². The second-order valence-corrected chi connectivity index (χ2v) is 3.46. The molecule has 0 radical (unpaired) electrons. The third kappa shape index (κ3) is 2.05. The Kier molecular flexibility index (Phi) is 2.88. The van der Waals surface area contributed by atoms with Gasteiger partial charge in [-0.3, -0.25) is 0 Å². The lowest BCUT2D eigenvalue weighted by Gasteiger charge is -2.07. The molecule has 2 heterocycles. The number of hydrogen-bond acceptors (Lipinski definition) is 4. The van der Waals surface area contributed by atoms with Crippen molar-refractivity contribution in [3.05, 3.63) is 23.6 Å². The van der Waals surface area contributed by atoms with E-state index in [0.29, 0.717) is 22.1 Å². The average Bonchev–Trinajstić information content (AvgIpc) is 2.29. The average molecular weight is 234 g/mol. The van der Waals surface area contributed by atoms with E-state index in [1.807, 2.05) is 0 Å². The summed E-state index contributed by atoms with van der Waals surface area (Å²) in [7, 11) is 0. The topological polar surface area (TPSA) is 47.9 Å². The number of nitrogens with zero attached hydrogens (tertiary/aromatic N) is 3. The van der Waals surface area contributed by atoms with Gasteiger partial charge in [-0.15, -0.1) is 6.42 Å². The number of ether oxygens (including phenoxy) is 1. The molecule has 0 N–H and O–H groups in total. The van der Waals surface area contributed by atoms with Gasteiger partial charge >= 0.3 is 0 Å². The summed E-state index contributed by atoms with van der Waals surface area (Å²) in [6.45, 7) is 1.76. The van der Waals surface area contributed by atoms with Crippen molar-refractivity contribution in [3.8, 4) is 18.2 Å². The summed E-state index contributed by atoms with van der Waals surface area (Å²) in [5.74, 6) is 2.82. The maximum Gasteiger partial charge on any atom is 0.234 e. The van der Waals surface area contributed by atoms with Crippen LogP contribution in [0.1, 0.15) is 6.92 Å². The highest BCUT2D eigenvalue weighted by Gasteiger charge is 2.06. The van der Waals surface area contributed by atoms with Gasteiger partial charge in [-0.2, -0.15) is 0 Å². The second kappa shape index (κ2) is 4.33. The van der Waals surface area contributed by atoms with E-state index < -0.39 is 0 Å². The summed E-state index contributed by atoms with van der Waals surface area (Å²) >= 11 is 5.86. The Morgan fingerprint density at radius 2 is 2.31 bits per heavy atom. The lowest BCUT2D eigenvalue weighted by Crippen LogP contribution is -2.09. The van der Waals surface area contributed by atoms with Crippen molar-refractivity contribution in [1.82, 2.24) is 15.0 Å². The first kappa shape index (κ1) is 10.7. The van der Waals surface area contributed by atoms with Crippen LogP contribution in [0.2, 0.25) is 5.15 Å². The molecule has 0 aliphatic heterocycles. The van der Waals surface area contributed by atoms with Crippen molar-refractivity contribution in [1.29, 1.82) is 0 Å². The molecule has 1 unspecified atom stereocenters. The number of terminal acetylenes is 1. The van der Waals surface area contributed by atoms with E-state index in [9.17, 15) is 0 Å². The van der Waals surface area contributed by atoms with Crippen LogP contribution >= 0.6 is 11.6 Å². The first-order valence-corrected chi connectivity index (χ1v) is 4.98. The zero-order valence-electron chi connectivity index (χ0n) is 8.51. The normalized spacial score (nSPS) is 12.1. The molecule has 1 atom stereocenters. The Morgan fingerprint density at radius 3 is 3.06 bits per heavy atom. The highest BCUT2D eigenvalue weighted by atomic mass is 35.5. The first-order chi connectivity index (χ1) is 7.70. The van der Waals surface area contributed by atoms with Crippen molar-refractivity contribution in [2.75, 3.05) is 0 Å². The van der Waals surface area contributed by atoms with E-state index in [1.165, 1.54) is 6.20 Å². The van der Waals surface area contributed by atoms with Gasteiger partial charge in [0.05, 0.1) is 11.7 Å². The number of hydrogen-bond donors (Lipinski definition) is 0. The largest absolute Gasteiger partial charge is 0.460 e. The fourth-order valence-electron chi connectivity index (χ4n) is 1.17.